The average molecular weight is 368 g/mol. The number of ether oxygens (including phenoxy) is 2. The summed E-state index contributed by atoms with van der Waals surface area (Å²) >= 11 is 0. The van der Waals surface area contributed by atoms with E-state index in [4.69, 9.17) is 9.47 Å². The molecule has 0 atom stereocenters. The molecule has 0 radical (unpaired) electrons. The van der Waals surface area contributed by atoms with Crippen LogP contribution in [0.25, 0.3) is 0 Å². The summed E-state index contributed by atoms with van der Waals surface area (Å²) in [6, 6.07) is 7.39. The topological polar surface area (TPSA) is 93.7 Å². The van der Waals surface area contributed by atoms with E-state index < -0.39 is 21.7 Å². The first-order valence-corrected chi connectivity index (χ1v) is 8.57. The van der Waals surface area contributed by atoms with E-state index in [2.05, 4.69) is 10.0 Å². The molecule has 0 aliphatic carbocycles. The summed E-state index contributed by atoms with van der Waals surface area (Å²) in [5, 5.41) is 2.44. The van der Waals surface area contributed by atoms with E-state index in [-0.39, 0.29) is 22.0 Å². The molecule has 0 aliphatic rings. The van der Waals surface area contributed by atoms with Gasteiger partial charge in [-0.1, -0.05) is 0 Å². The normalized spacial score (nSPS) is 10.9. The van der Waals surface area contributed by atoms with Gasteiger partial charge in [-0.05, 0) is 24.3 Å². The van der Waals surface area contributed by atoms with Gasteiger partial charge in [0.2, 0.25) is 5.91 Å². The highest BCUT2D eigenvalue weighted by molar-refractivity contribution is 7.92. The van der Waals surface area contributed by atoms with E-state index in [1.165, 1.54) is 45.4 Å². The van der Waals surface area contributed by atoms with Gasteiger partial charge in [-0.25, -0.2) is 12.8 Å². The van der Waals surface area contributed by atoms with Crippen LogP contribution in [0, 0.1) is 5.82 Å². The lowest BCUT2D eigenvalue weighted by Gasteiger charge is -2.14. The molecule has 0 saturated heterocycles. The third kappa shape index (κ3) is 4.38. The van der Waals surface area contributed by atoms with Crippen molar-refractivity contribution in [1.82, 2.24) is 0 Å². The number of nitrogens with one attached hydrogen (secondary N) is 2. The van der Waals surface area contributed by atoms with Gasteiger partial charge in [-0.3, -0.25) is 9.52 Å². The number of hydrogen-bond donors (Lipinski definition) is 2. The molecule has 2 rings (SSSR count). The molecule has 2 aromatic rings. The highest BCUT2D eigenvalue weighted by atomic mass is 32.2. The van der Waals surface area contributed by atoms with Crippen LogP contribution in [0.5, 0.6) is 11.5 Å². The fraction of sp³-hybridized carbons (Fsp3) is 0.188. The molecule has 0 saturated carbocycles. The van der Waals surface area contributed by atoms with Crippen LogP contribution < -0.4 is 19.5 Å². The van der Waals surface area contributed by atoms with E-state index in [1.807, 2.05) is 0 Å². The Kier molecular flexibility index (Phi) is 5.48. The lowest BCUT2D eigenvalue weighted by Crippen LogP contribution is -2.16. The Morgan fingerprint density at radius 1 is 1.00 bits per heavy atom. The molecule has 2 N–H and O–H groups in total. The number of hydrogen-bond acceptors (Lipinski definition) is 5. The van der Waals surface area contributed by atoms with E-state index in [9.17, 15) is 17.6 Å². The molecule has 7 nitrogen and oxygen atoms in total. The number of carbonyl (C=O) groups excluding carboxylic acids is 1. The summed E-state index contributed by atoms with van der Waals surface area (Å²) in [6.07, 6.45) is 0. The zero-order valence-corrected chi connectivity index (χ0v) is 14.6. The molecular formula is C16H17FN2O5S. The molecular weight excluding hydrogens is 351 g/mol. The van der Waals surface area contributed by atoms with Gasteiger partial charge in [-0.2, -0.15) is 0 Å². The zero-order valence-electron chi connectivity index (χ0n) is 13.8. The van der Waals surface area contributed by atoms with Gasteiger partial charge in [0.1, 0.15) is 5.82 Å². The quantitative estimate of drug-likeness (QED) is 0.817. The SMILES string of the molecule is COc1ccc(S(=O)(=O)Nc2cc(F)ccc2NC(C)=O)cc1OC. The van der Waals surface area contributed by atoms with Crippen LogP contribution in [0.3, 0.4) is 0 Å². The van der Waals surface area contributed by atoms with E-state index in [0.29, 0.717) is 5.75 Å². The van der Waals surface area contributed by atoms with Crippen molar-refractivity contribution in [3.8, 4) is 11.5 Å². The van der Waals surface area contributed by atoms with Gasteiger partial charge in [0.25, 0.3) is 10.0 Å². The van der Waals surface area contributed by atoms with Crippen LogP contribution in [-0.4, -0.2) is 28.5 Å². The molecule has 0 unspecified atom stereocenters. The molecule has 0 heterocycles. The Hall–Kier alpha value is -2.81. The maximum absolute atomic E-state index is 13.5. The predicted molar refractivity (Wildman–Crippen MR) is 91.1 cm³/mol. The van der Waals surface area contributed by atoms with Crippen LogP contribution in [0.4, 0.5) is 15.8 Å². The minimum atomic E-state index is -4.05. The predicted octanol–water partition coefficient (Wildman–Crippen LogP) is 2.60. The lowest BCUT2D eigenvalue weighted by atomic mass is 10.2. The van der Waals surface area contributed by atoms with Gasteiger partial charge < -0.3 is 14.8 Å². The number of benzene rings is 2. The van der Waals surface area contributed by atoms with Gasteiger partial charge >= 0.3 is 0 Å². The van der Waals surface area contributed by atoms with Crippen molar-refractivity contribution in [3.05, 3.63) is 42.2 Å². The fourth-order valence-electron chi connectivity index (χ4n) is 2.09. The number of methoxy groups -OCH3 is 2. The van der Waals surface area contributed by atoms with Crippen LogP contribution in [0.1, 0.15) is 6.92 Å². The molecule has 0 spiro atoms. The van der Waals surface area contributed by atoms with Crippen LogP contribution >= 0.6 is 0 Å². The van der Waals surface area contributed by atoms with E-state index in [0.717, 1.165) is 12.1 Å². The number of halogens is 1. The largest absolute Gasteiger partial charge is 0.493 e. The number of sulfonamides is 1. The third-order valence-corrected chi connectivity index (χ3v) is 4.57. The molecule has 9 heteroatoms. The molecule has 25 heavy (non-hydrogen) atoms. The molecule has 0 fully saturated rings. The van der Waals surface area contributed by atoms with Crippen molar-refractivity contribution >= 4 is 27.3 Å². The zero-order chi connectivity index (χ0) is 18.6. The smallest absolute Gasteiger partial charge is 0.262 e. The summed E-state index contributed by atoms with van der Waals surface area (Å²) in [4.78, 5) is 11.1. The molecule has 0 bridgehead atoms. The summed E-state index contributed by atoms with van der Waals surface area (Å²) in [7, 11) is -1.24. The van der Waals surface area contributed by atoms with Crippen molar-refractivity contribution in [1.29, 1.82) is 0 Å². The van der Waals surface area contributed by atoms with Gasteiger partial charge in [0.15, 0.2) is 11.5 Å². The maximum Gasteiger partial charge on any atom is 0.262 e. The fourth-order valence-corrected chi connectivity index (χ4v) is 3.17. The monoisotopic (exact) mass is 368 g/mol. The van der Waals surface area contributed by atoms with Crippen molar-refractivity contribution in [2.45, 2.75) is 11.8 Å². The third-order valence-electron chi connectivity index (χ3n) is 3.20. The van der Waals surface area contributed by atoms with Crippen molar-refractivity contribution < 1.29 is 27.1 Å². The standard InChI is InChI=1S/C16H17FN2O5S/c1-10(20)18-13-6-4-11(17)8-14(13)19-25(21,22)12-5-7-15(23-2)16(9-12)24-3/h4-9,19H,1-3H3,(H,18,20). The van der Waals surface area contributed by atoms with Crippen molar-refractivity contribution in [2.75, 3.05) is 24.3 Å². The highest BCUT2D eigenvalue weighted by Gasteiger charge is 2.19. The second-order valence-electron chi connectivity index (χ2n) is 4.99. The Morgan fingerprint density at radius 2 is 1.68 bits per heavy atom. The second kappa shape index (κ2) is 7.39. The first-order valence-electron chi connectivity index (χ1n) is 7.09. The Morgan fingerprint density at radius 3 is 2.28 bits per heavy atom. The molecule has 2 aromatic carbocycles. The summed E-state index contributed by atoms with van der Waals surface area (Å²) in [5.41, 5.74) is 0.0444. The van der Waals surface area contributed by atoms with Crippen molar-refractivity contribution in [3.63, 3.8) is 0 Å². The average Bonchev–Trinajstić information content (AvgIpc) is 2.56. The highest BCUT2D eigenvalue weighted by Crippen LogP contribution is 2.31. The van der Waals surface area contributed by atoms with Gasteiger partial charge in [0.05, 0.1) is 30.5 Å². The number of anilines is 2. The second-order valence-corrected chi connectivity index (χ2v) is 6.68. The minimum Gasteiger partial charge on any atom is -0.493 e. The number of amides is 1. The van der Waals surface area contributed by atoms with Crippen LogP contribution in [0.2, 0.25) is 0 Å². The minimum absolute atomic E-state index is 0.0926. The Labute approximate surface area is 144 Å². The molecule has 0 aliphatic heterocycles. The van der Waals surface area contributed by atoms with Crippen molar-refractivity contribution in [2.24, 2.45) is 0 Å². The lowest BCUT2D eigenvalue weighted by molar-refractivity contribution is -0.114. The summed E-state index contributed by atoms with van der Waals surface area (Å²) < 4.78 is 51.1. The molecule has 0 aromatic heterocycles. The van der Waals surface area contributed by atoms with Gasteiger partial charge in [0, 0.05) is 19.1 Å². The van der Waals surface area contributed by atoms with E-state index >= 15 is 0 Å². The molecule has 1 amide bonds. The Bertz CT molecular complexity index is 899. The Balaban J connectivity index is 2.42. The number of rotatable bonds is 6. The summed E-state index contributed by atoms with van der Waals surface area (Å²) in [6.45, 7) is 1.26. The first-order chi connectivity index (χ1) is 11.8. The maximum atomic E-state index is 13.5. The van der Waals surface area contributed by atoms with Crippen LogP contribution in [-0.2, 0) is 14.8 Å². The number of carbonyl (C=O) groups is 1. The molecule has 134 valence electrons. The van der Waals surface area contributed by atoms with Gasteiger partial charge in [-0.15, -0.1) is 0 Å². The van der Waals surface area contributed by atoms with Crippen LogP contribution in [0.15, 0.2) is 41.3 Å². The first kappa shape index (κ1) is 18.5. The summed E-state index contributed by atoms with van der Waals surface area (Å²) in [5.74, 6) is -0.477. The van der Waals surface area contributed by atoms with E-state index in [1.54, 1.807) is 0 Å².